The zero-order valence-electron chi connectivity index (χ0n) is 18.6. The van der Waals surface area contributed by atoms with E-state index in [2.05, 4.69) is 5.32 Å². The average molecular weight is 446 g/mol. The van der Waals surface area contributed by atoms with E-state index in [9.17, 15) is 14.4 Å². The van der Waals surface area contributed by atoms with Crippen molar-refractivity contribution in [3.8, 4) is 5.75 Å². The highest BCUT2D eigenvalue weighted by Gasteiger charge is 2.26. The molecule has 1 N–H and O–H groups in total. The smallest absolute Gasteiger partial charge is 0.270 e. The first-order chi connectivity index (χ1) is 16.1. The van der Waals surface area contributed by atoms with Crippen LogP contribution in [0.5, 0.6) is 5.75 Å². The minimum absolute atomic E-state index is 0.116. The lowest BCUT2D eigenvalue weighted by Crippen LogP contribution is -2.45. The largest absolute Gasteiger partial charge is 0.488 e. The van der Waals surface area contributed by atoms with E-state index >= 15 is 0 Å². The predicted molar refractivity (Wildman–Crippen MR) is 126 cm³/mol. The maximum atomic E-state index is 13.1. The van der Waals surface area contributed by atoms with Gasteiger partial charge in [0, 0.05) is 32.2 Å². The van der Waals surface area contributed by atoms with E-state index < -0.39 is 5.92 Å². The van der Waals surface area contributed by atoms with E-state index in [-0.39, 0.29) is 23.0 Å². The maximum absolute atomic E-state index is 13.1. The van der Waals surface area contributed by atoms with Crippen LogP contribution in [0.3, 0.4) is 0 Å². The van der Waals surface area contributed by atoms with Gasteiger partial charge in [0.2, 0.25) is 11.3 Å². The Balaban J connectivity index is 1.42. The van der Waals surface area contributed by atoms with Crippen molar-refractivity contribution < 1.29 is 14.3 Å². The fraction of sp³-hybridized carbons (Fsp3) is 0.269. The van der Waals surface area contributed by atoms with Crippen molar-refractivity contribution in [3.05, 3.63) is 100.0 Å². The van der Waals surface area contributed by atoms with Crippen LogP contribution < -0.4 is 15.5 Å². The molecule has 2 heterocycles. The van der Waals surface area contributed by atoms with Gasteiger partial charge in [-0.1, -0.05) is 60.7 Å². The first-order valence-electron chi connectivity index (χ1n) is 11.1. The Hall–Kier alpha value is -3.87. The highest BCUT2D eigenvalue weighted by molar-refractivity contribution is 5.93. The molecule has 2 amide bonds. The third-order valence-corrected chi connectivity index (χ3v) is 5.72. The molecule has 0 saturated carbocycles. The van der Waals surface area contributed by atoms with Crippen LogP contribution in [0.15, 0.2) is 77.7 Å². The van der Waals surface area contributed by atoms with Crippen molar-refractivity contribution in [3.63, 3.8) is 0 Å². The van der Waals surface area contributed by atoms with E-state index in [1.165, 1.54) is 6.07 Å². The zero-order chi connectivity index (χ0) is 23.2. The summed E-state index contributed by atoms with van der Waals surface area (Å²) in [5.74, 6) is -0.517. The quantitative estimate of drug-likeness (QED) is 0.578. The van der Waals surface area contributed by atoms with Crippen molar-refractivity contribution >= 4 is 11.8 Å². The number of aromatic nitrogens is 1. The van der Waals surface area contributed by atoms with Crippen LogP contribution in [-0.2, 0) is 11.3 Å². The van der Waals surface area contributed by atoms with Gasteiger partial charge in [0.15, 0.2) is 5.75 Å². The Kier molecular flexibility index (Phi) is 6.88. The van der Waals surface area contributed by atoms with E-state index in [1.54, 1.807) is 15.7 Å². The van der Waals surface area contributed by atoms with Crippen molar-refractivity contribution in [2.75, 3.05) is 26.2 Å². The molecule has 0 unspecified atom stereocenters. The number of hydrogen-bond donors (Lipinski definition) is 1. The molecule has 0 radical (unpaired) electrons. The molecular formula is C26H27N3O4. The summed E-state index contributed by atoms with van der Waals surface area (Å²) in [5, 5.41) is 2.99. The SMILES string of the molecule is CCOc1cn2c(cc1=O)C(=O)N(CCNC(=O)C(c1ccccc1)c1ccccc1)CC2. The van der Waals surface area contributed by atoms with Crippen molar-refractivity contribution in [1.82, 2.24) is 14.8 Å². The molecule has 7 nitrogen and oxygen atoms in total. The maximum Gasteiger partial charge on any atom is 0.270 e. The van der Waals surface area contributed by atoms with Gasteiger partial charge in [-0.05, 0) is 18.1 Å². The monoisotopic (exact) mass is 445 g/mol. The number of carbonyl (C=O) groups excluding carboxylic acids is 2. The molecule has 7 heteroatoms. The van der Waals surface area contributed by atoms with Crippen LogP contribution in [-0.4, -0.2) is 47.5 Å². The number of nitrogens with zero attached hydrogens (tertiary/aromatic N) is 2. The lowest BCUT2D eigenvalue weighted by atomic mass is 9.90. The van der Waals surface area contributed by atoms with Crippen molar-refractivity contribution in [2.24, 2.45) is 0 Å². The van der Waals surface area contributed by atoms with Gasteiger partial charge in [0.25, 0.3) is 5.91 Å². The number of hydrogen-bond acceptors (Lipinski definition) is 4. The molecule has 1 aliphatic heterocycles. The molecule has 0 aliphatic carbocycles. The third kappa shape index (κ3) is 4.98. The van der Waals surface area contributed by atoms with Crippen molar-refractivity contribution in [2.45, 2.75) is 19.4 Å². The Morgan fingerprint density at radius 1 is 1.00 bits per heavy atom. The van der Waals surface area contributed by atoms with Crippen molar-refractivity contribution in [1.29, 1.82) is 0 Å². The van der Waals surface area contributed by atoms with Crippen LogP contribution in [0.4, 0.5) is 0 Å². The summed E-state index contributed by atoms with van der Waals surface area (Å²) in [5.41, 5.74) is 1.86. The van der Waals surface area contributed by atoms with Gasteiger partial charge in [-0.15, -0.1) is 0 Å². The average Bonchev–Trinajstić information content (AvgIpc) is 2.83. The summed E-state index contributed by atoms with van der Waals surface area (Å²) in [7, 11) is 0. The lowest BCUT2D eigenvalue weighted by Gasteiger charge is -2.30. The normalized spacial score (nSPS) is 13.0. The van der Waals surface area contributed by atoms with E-state index in [0.29, 0.717) is 38.5 Å². The first kappa shape index (κ1) is 22.3. The molecule has 0 fully saturated rings. The molecule has 0 spiro atoms. The summed E-state index contributed by atoms with van der Waals surface area (Å²) >= 11 is 0. The number of amides is 2. The van der Waals surface area contributed by atoms with Gasteiger partial charge < -0.3 is 19.5 Å². The molecule has 170 valence electrons. The number of nitrogens with one attached hydrogen (secondary N) is 1. The van der Waals surface area contributed by atoms with Gasteiger partial charge in [-0.3, -0.25) is 14.4 Å². The third-order valence-electron chi connectivity index (χ3n) is 5.72. The standard InChI is InChI=1S/C26H27N3O4/c1-2-33-23-18-29-16-15-28(26(32)21(29)17-22(23)30)14-13-27-25(31)24(19-9-5-3-6-10-19)20-11-7-4-8-12-20/h3-12,17-18,24H,2,13-16H2,1H3,(H,27,31). The Labute approximate surface area is 192 Å². The van der Waals surface area contributed by atoms with Crippen LogP contribution >= 0.6 is 0 Å². The molecule has 4 rings (SSSR count). The number of rotatable bonds is 8. The van der Waals surface area contributed by atoms with Gasteiger partial charge >= 0.3 is 0 Å². The van der Waals surface area contributed by atoms with Gasteiger partial charge in [-0.25, -0.2) is 0 Å². The van der Waals surface area contributed by atoms with E-state index in [0.717, 1.165) is 11.1 Å². The number of benzene rings is 2. The molecule has 1 aromatic heterocycles. The number of pyridine rings is 1. The fourth-order valence-corrected chi connectivity index (χ4v) is 4.09. The topological polar surface area (TPSA) is 80.6 Å². The summed E-state index contributed by atoms with van der Waals surface area (Å²) in [6.07, 6.45) is 1.60. The molecule has 33 heavy (non-hydrogen) atoms. The molecule has 0 bridgehead atoms. The van der Waals surface area contributed by atoms with Gasteiger partial charge in [0.05, 0.1) is 18.7 Å². The molecule has 0 saturated heterocycles. The first-order valence-corrected chi connectivity index (χ1v) is 11.1. The predicted octanol–water partition coefficient (Wildman–Crippen LogP) is 2.65. The summed E-state index contributed by atoms with van der Waals surface area (Å²) < 4.78 is 7.10. The van der Waals surface area contributed by atoms with E-state index in [1.807, 2.05) is 67.6 Å². The summed E-state index contributed by atoms with van der Waals surface area (Å²) in [6, 6.07) is 20.6. The highest BCUT2D eigenvalue weighted by Crippen LogP contribution is 2.24. The summed E-state index contributed by atoms with van der Waals surface area (Å²) in [4.78, 5) is 39.9. The minimum atomic E-state index is -0.430. The van der Waals surface area contributed by atoms with Gasteiger partial charge in [-0.2, -0.15) is 0 Å². The number of carbonyl (C=O) groups is 2. The Bertz CT molecular complexity index is 1140. The molecule has 1 aliphatic rings. The Morgan fingerprint density at radius 3 is 2.24 bits per heavy atom. The van der Waals surface area contributed by atoms with E-state index in [4.69, 9.17) is 4.74 Å². The second-order valence-electron chi connectivity index (χ2n) is 7.85. The second kappa shape index (κ2) is 10.2. The van der Waals surface area contributed by atoms with Crippen LogP contribution in [0.2, 0.25) is 0 Å². The molecular weight excluding hydrogens is 418 g/mol. The van der Waals surface area contributed by atoms with Gasteiger partial charge in [0.1, 0.15) is 5.69 Å². The van der Waals surface area contributed by atoms with Crippen LogP contribution in [0, 0.1) is 0 Å². The molecule has 0 atom stereocenters. The van der Waals surface area contributed by atoms with Crippen LogP contribution in [0.1, 0.15) is 34.5 Å². The fourth-order valence-electron chi connectivity index (χ4n) is 4.09. The highest BCUT2D eigenvalue weighted by atomic mass is 16.5. The number of ether oxygens (including phenoxy) is 1. The minimum Gasteiger partial charge on any atom is -0.488 e. The number of fused-ring (bicyclic) bond motifs is 1. The Morgan fingerprint density at radius 2 is 1.64 bits per heavy atom. The lowest BCUT2D eigenvalue weighted by molar-refractivity contribution is -0.121. The zero-order valence-corrected chi connectivity index (χ0v) is 18.6. The summed E-state index contributed by atoms with van der Waals surface area (Å²) in [6.45, 7) is 3.94. The van der Waals surface area contributed by atoms with Crippen LogP contribution in [0.25, 0.3) is 0 Å². The molecule has 2 aromatic carbocycles. The molecule has 3 aromatic rings. The second-order valence-corrected chi connectivity index (χ2v) is 7.85.